The quantitative estimate of drug-likeness (QED) is 0.206. The van der Waals surface area contributed by atoms with Gasteiger partial charge in [-0.1, -0.05) is 109 Å². The van der Waals surface area contributed by atoms with Crippen LogP contribution in [-0.2, 0) is 12.8 Å². The number of allylic oxidation sites excluding steroid dienone is 4. The normalized spacial score (nSPS) is 16.9. The van der Waals surface area contributed by atoms with Crippen molar-refractivity contribution in [3.05, 3.63) is 162 Å². The summed E-state index contributed by atoms with van der Waals surface area (Å²) in [7, 11) is 0. The molecule has 0 N–H and O–H groups in total. The number of para-hydroxylation sites is 3. The Labute approximate surface area is 259 Å². The van der Waals surface area contributed by atoms with Crippen molar-refractivity contribution in [2.24, 2.45) is 0 Å². The van der Waals surface area contributed by atoms with Crippen LogP contribution in [0.3, 0.4) is 0 Å². The Hall–Kier alpha value is -5.08. The van der Waals surface area contributed by atoms with E-state index in [9.17, 15) is 0 Å². The number of nitrogens with zero attached hydrogens (tertiary/aromatic N) is 2. The summed E-state index contributed by atoms with van der Waals surface area (Å²) < 4.78 is 2.61. The molecular formula is C42H34N2. The third-order valence-corrected chi connectivity index (χ3v) is 9.88. The van der Waals surface area contributed by atoms with Crippen LogP contribution in [0.5, 0.6) is 0 Å². The Morgan fingerprint density at radius 3 is 2.32 bits per heavy atom. The van der Waals surface area contributed by atoms with Crippen molar-refractivity contribution >= 4 is 22.3 Å². The fraction of sp³-hybridized carbons (Fsp3) is 0.143. The maximum Gasteiger partial charge on any atom is 0.0615 e. The van der Waals surface area contributed by atoms with Gasteiger partial charge in [-0.3, -0.25) is 0 Å². The Morgan fingerprint density at radius 2 is 1.39 bits per heavy atom. The molecule has 2 heterocycles. The van der Waals surface area contributed by atoms with Crippen LogP contribution < -0.4 is 4.90 Å². The number of benzene rings is 5. The molecule has 0 saturated heterocycles. The van der Waals surface area contributed by atoms with E-state index in [1.54, 1.807) is 0 Å². The standard InChI is InChI=1S/C42H34N2/c1-2-14-29(15-3-1)32-22-13-23-33(42(32)44-40-26-10-6-20-36(40)37-21-7-11-27-41(37)44)30-16-12-17-31(28-30)43-38-24-8-4-18-34(38)35-19-5-9-25-39(35)43/h1-6,8-10,12-18,20,22-26,28,35H,7,11,19,21,27H2. The van der Waals surface area contributed by atoms with Crippen molar-refractivity contribution < 1.29 is 0 Å². The first-order chi connectivity index (χ1) is 21.9. The van der Waals surface area contributed by atoms with Crippen LogP contribution in [0.1, 0.15) is 42.0 Å². The second-order valence-electron chi connectivity index (χ2n) is 12.3. The Kier molecular flexibility index (Phi) is 5.94. The third kappa shape index (κ3) is 3.87. The average molecular weight is 567 g/mol. The molecule has 1 aliphatic heterocycles. The highest BCUT2D eigenvalue weighted by Gasteiger charge is 2.34. The molecule has 0 saturated carbocycles. The molecule has 3 aliphatic rings. The van der Waals surface area contributed by atoms with E-state index in [4.69, 9.17) is 0 Å². The predicted molar refractivity (Wildman–Crippen MR) is 184 cm³/mol. The average Bonchev–Trinajstić information content (AvgIpc) is 3.61. The summed E-state index contributed by atoms with van der Waals surface area (Å²) in [6.45, 7) is 0. The maximum atomic E-state index is 2.61. The SMILES string of the molecule is C1=CCC2C(=C1)N(c1cccc(-c3cccc(-c4ccccc4)c3-n3c4c(c5ccccc53)CCCC4)c1)c1ccccc12. The zero-order valence-electron chi connectivity index (χ0n) is 24.8. The molecule has 0 amide bonds. The van der Waals surface area contributed by atoms with Gasteiger partial charge in [0.15, 0.2) is 0 Å². The predicted octanol–water partition coefficient (Wildman–Crippen LogP) is 10.9. The summed E-state index contributed by atoms with van der Waals surface area (Å²) in [5, 5.41) is 1.40. The minimum atomic E-state index is 0.412. The summed E-state index contributed by atoms with van der Waals surface area (Å²) in [4.78, 5) is 2.49. The molecule has 0 spiro atoms. The molecule has 9 rings (SSSR count). The molecule has 1 aromatic heterocycles. The van der Waals surface area contributed by atoms with E-state index in [-0.39, 0.29) is 0 Å². The molecule has 2 nitrogen and oxygen atoms in total. The highest BCUT2D eigenvalue weighted by molar-refractivity contribution is 5.94. The van der Waals surface area contributed by atoms with Crippen LogP contribution >= 0.6 is 0 Å². The van der Waals surface area contributed by atoms with Gasteiger partial charge < -0.3 is 9.47 Å². The molecule has 6 aromatic rings. The van der Waals surface area contributed by atoms with Gasteiger partial charge in [0.1, 0.15) is 0 Å². The van der Waals surface area contributed by atoms with E-state index in [2.05, 4.69) is 149 Å². The molecule has 44 heavy (non-hydrogen) atoms. The van der Waals surface area contributed by atoms with Gasteiger partial charge in [-0.2, -0.15) is 0 Å². The molecule has 2 heteroatoms. The van der Waals surface area contributed by atoms with Gasteiger partial charge in [0.05, 0.1) is 11.2 Å². The van der Waals surface area contributed by atoms with Gasteiger partial charge in [-0.25, -0.2) is 0 Å². The lowest BCUT2D eigenvalue weighted by atomic mass is 9.92. The van der Waals surface area contributed by atoms with Crippen LogP contribution in [0.15, 0.2) is 145 Å². The summed E-state index contributed by atoms with van der Waals surface area (Å²) in [5.41, 5.74) is 16.0. The fourth-order valence-electron chi connectivity index (χ4n) is 7.98. The molecule has 1 unspecified atom stereocenters. The Morgan fingerprint density at radius 1 is 0.636 bits per heavy atom. The molecule has 0 radical (unpaired) electrons. The minimum Gasteiger partial charge on any atom is -0.313 e. The van der Waals surface area contributed by atoms with Gasteiger partial charge in [-0.15, -0.1) is 0 Å². The summed E-state index contributed by atoms with van der Waals surface area (Å²) in [6.07, 6.45) is 12.6. The number of rotatable bonds is 4. The summed E-state index contributed by atoms with van der Waals surface area (Å²) in [5.74, 6) is 0.412. The molecule has 0 fully saturated rings. The second-order valence-corrected chi connectivity index (χ2v) is 12.3. The van der Waals surface area contributed by atoms with Crippen LogP contribution in [0, 0.1) is 0 Å². The zero-order chi connectivity index (χ0) is 29.0. The molecule has 2 aliphatic carbocycles. The number of anilines is 2. The van der Waals surface area contributed by atoms with Gasteiger partial charge >= 0.3 is 0 Å². The third-order valence-electron chi connectivity index (χ3n) is 9.88. The van der Waals surface area contributed by atoms with Crippen molar-refractivity contribution in [1.29, 1.82) is 0 Å². The van der Waals surface area contributed by atoms with Crippen molar-refractivity contribution in [3.63, 3.8) is 0 Å². The van der Waals surface area contributed by atoms with E-state index >= 15 is 0 Å². The van der Waals surface area contributed by atoms with Crippen LogP contribution in [0.2, 0.25) is 0 Å². The molecule has 0 bridgehead atoms. The minimum absolute atomic E-state index is 0.412. The molecule has 212 valence electrons. The summed E-state index contributed by atoms with van der Waals surface area (Å²) >= 11 is 0. The van der Waals surface area contributed by atoms with E-state index < -0.39 is 0 Å². The van der Waals surface area contributed by atoms with E-state index in [1.165, 1.54) is 85.6 Å². The smallest absolute Gasteiger partial charge is 0.0615 e. The second kappa shape index (κ2) is 10.3. The van der Waals surface area contributed by atoms with Crippen molar-refractivity contribution in [1.82, 2.24) is 4.57 Å². The molecule has 1 atom stereocenters. The number of fused-ring (bicyclic) bond motifs is 6. The van der Waals surface area contributed by atoms with E-state index in [1.807, 2.05) is 0 Å². The van der Waals surface area contributed by atoms with Gasteiger partial charge in [0.2, 0.25) is 0 Å². The maximum absolute atomic E-state index is 2.61. The van der Waals surface area contributed by atoms with Gasteiger partial charge in [0, 0.05) is 45.2 Å². The first kappa shape index (κ1) is 25.4. The van der Waals surface area contributed by atoms with Crippen molar-refractivity contribution in [3.8, 4) is 27.9 Å². The lowest BCUT2D eigenvalue weighted by molar-refractivity contribution is 0.667. The highest BCUT2D eigenvalue weighted by Crippen LogP contribution is 2.51. The lowest BCUT2D eigenvalue weighted by Gasteiger charge is -2.26. The van der Waals surface area contributed by atoms with Gasteiger partial charge in [-0.05, 0) is 84.7 Å². The fourth-order valence-corrected chi connectivity index (χ4v) is 7.98. The largest absolute Gasteiger partial charge is 0.313 e. The molecule has 5 aromatic carbocycles. The van der Waals surface area contributed by atoms with E-state index in [0.29, 0.717) is 5.92 Å². The Balaban J connectivity index is 1.30. The number of aryl methyl sites for hydroxylation is 1. The van der Waals surface area contributed by atoms with E-state index in [0.717, 1.165) is 19.3 Å². The molecular weight excluding hydrogens is 532 g/mol. The van der Waals surface area contributed by atoms with Crippen LogP contribution in [-0.4, -0.2) is 4.57 Å². The van der Waals surface area contributed by atoms with Crippen LogP contribution in [0.4, 0.5) is 11.4 Å². The van der Waals surface area contributed by atoms with Gasteiger partial charge in [0.25, 0.3) is 0 Å². The topological polar surface area (TPSA) is 8.17 Å². The first-order valence-electron chi connectivity index (χ1n) is 16.0. The monoisotopic (exact) mass is 566 g/mol. The number of aromatic nitrogens is 1. The van der Waals surface area contributed by atoms with Crippen LogP contribution in [0.25, 0.3) is 38.8 Å². The first-order valence-corrected chi connectivity index (χ1v) is 16.0. The highest BCUT2D eigenvalue weighted by atomic mass is 15.2. The van der Waals surface area contributed by atoms with Crippen molar-refractivity contribution in [2.75, 3.05) is 4.90 Å². The summed E-state index contributed by atoms with van der Waals surface area (Å²) in [6, 6.07) is 45.0. The number of hydrogen-bond donors (Lipinski definition) is 0. The number of hydrogen-bond acceptors (Lipinski definition) is 1. The van der Waals surface area contributed by atoms with Crippen molar-refractivity contribution in [2.45, 2.75) is 38.0 Å². The lowest BCUT2D eigenvalue weighted by Crippen LogP contribution is -2.14. The zero-order valence-corrected chi connectivity index (χ0v) is 24.8. The Bertz CT molecular complexity index is 2110.